The molecule has 1 rings (SSSR count). The van der Waals surface area contributed by atoms with E-state index in [0.717, 1.165) is 0 Å². The van der Waals surface area contributed by atoms with E-state index in [9.17, 15) is 8.78 Å². The van der Waals surface area contributed by atoms with E-state index in [1.807, 2.05) is 6.92 Å². The van der Waals surface area contributed by atoms with Gasteiger partial charge in [0, 0.05) is 12.8 Å². The van der Waals surface area contributed by atoms with Gasteiger partial charge in [-0.3, -0.25) is 0 Å². The van der Waals surface area contributed by atoms with Gasteiger partial charge in [-0.1, -0.05) is 20.8 Å². The van der Waals surface area contributed by atoms with Crippen molar-refractivity contribution in [3.8, 4) is 0 Å². The van der Waals surface area contributed by atoms with Crippen LogP contribution in [0.1, 0.15) is 40.5 Å². The standard InChI is InChI=1S/C10H18F2O/c1-7(9(2,3)4)13-8-5-10(11,12)6-8/h7-8H,5-6H2,1-4H3. The molecule has 0 radical (unpaired) electrons. The predicted octanol–water partition coefficient (Wildman–Crippen LogP) is 3.24. The van der Waals surface area contributed by atoms with Crippen molar-refractivity contribution in [2.75, 3.05) is 0 Å². The van der Waals surface area contributed by atoms with Crippen LogP contribution in [0.15, 0.2) is 0 Å². The first-order valence-electron chi connectivity index (χ1n) is 4.74. The van der Waals surface area contributed by atoms with Crippen LogP contribution in [-0.2, 0) is 4.74 Å². The Balaban J connectivity index is 2.28. The highest BCUT2D eigenvalue weighted by Gasteiger charge is 2.47. The van der Waals surface area contributed by atoms with Gasteiger partial charge in [0.15, 0.2) is 0 Å². The van der Waals surface area contributed by atoms with Crippen molar-refractivity contribution in [2.45, 2.75) is 58.7 Å². The molecule has 13 heavy (non-hydrogen) atoms. The molecule has 1 aliphatic carbocycles. The van der Waals surface area contributed by atoms with Crippen molar-refractivity contribution in [3.63, 3.8) is 0 Å². The molecule has 0 spiro atoms. The average Bonchev–Trinajstić information content (AvgIpc) is 1.80. The highest BCUT2D eigenvalue weighted by Crippen LogP contribution is 2.41. The van der Waals surface area contributed by atoms with Crippen LogP contribution in [0.4, 0.5) is 8.78 Å². The van der Waals surface area contributed by atoms with E-state index in [-0.39, 0.29) is 30.5 Å². The molecule has 3 heteroatoms. The Morgan fingerprint density at radius 3 is 2.08 bits per heavy atom. The zero-order valence-electron chi connectivity index (χ0n) is 8.73. The van der Waals surface area contributed by atoms with Gasteiger partial charge in [-0.05, 0) is 12.3 Å². The van der Waals surface area contributed by atoms with Gasteiger partial charge in [0.2, 0.25) is 0 Å². The molecule has 1 aliphatic rings. The lowest BCUT2D eigenvalue weighted by molar-refractivity contribution is -0.192. The van der Waals surface area contributed by atoms with Crippen molar-refractivity contribution < 1.29 is 13.5 Å². The second-order valence-corrected chi connectivity index (χ2v) is 5.03. The van der Waals surface area contributed by atoms with Crippen LogP contribution in [-0.4, -0.2) is 18.1 Å². The quantitative estimate of drug-likeness (QED) is 0.652. The van der Waals surface area contributed by atoms with Crippen LogP contribution in [0.3, 0.4) is 0 Å². The lowest BCUT2D eigenvalue weighted by Crippen LogP contribution is -2.44. The number of hydrogen-bond acceptors (Lipinski definition) is 1. The fraction of sp³-hybridized carbons (Fsp3) is 1.00. The minimum absolute atomic E-state index is 0.0326. The van der Waals surface area contributed by atoms with Crippen LogP contribution in [0.2, 0.25) is 0 Å². The molecule has 1 nitrogen and oxygen atoms in total. The van der Waals surface area contributed by atoms with Gasteiger partial charge >= 0.3 is 0 Å². The molecule has 0 N–H and O–H groups in total. The lowest BCUT2D eigenvalue weighted by atomic mass is 9.87. The topological polar surface area (TPSA) is 9.23 Å². The summed E-state index contributed by atoms with van der Waals surface area (Å²) in [6.07, 6.45) is -0.404. The zero-order chi connectivity index (χ0) is 10.3. The van der Waals surface area contributed by atoms with Crippen LogP contribution in [0.5, 0.6) is 0 Å². The van der Waals surface area contributed by atoms with Crippen LogP contribution in [0, 0.1) is 5.41 Å². The molecule has 1 saturated carbocycles. The first kappa shape index (κ1) is 10.9. The number of rotatable bonds is 2. The average molecular weight is 192 g/mol. The Kier molecular flexibility index (Phi) is 2.68. The molecule has 0 aromatic heterocycles. The summed E-state index contributed by atoms with van der Waals surface area (Å²) in [5, 5.41) is 0. The van der Waals surface area contributed by atoms with Gasteiger partial charge in [0.05, 0.1) is 12.2 Å². The molecule has 0 aliphatic heterocycles. The van der Waals surface area contributed by atoms with Gasteiger partial charge in [0.25, 0.3) is 5.92 Å². The highest BCUT2D eigenvalue weighted by atomic mass is 19.3. The summed E-state index contributed by atoms with van der Waals surface area (Å²) in [6.45, 7) is 8.09. The normalized spacial score (nSPS) is 25.4. The Hall–Kier alpha value is -0.180. The van der Waals surface area contributed by atoms with Gasteiger partial charge in [-0.2, -0.15) is 0 Å². The SMILES string of the molecule is CC(OC1CC(F)(F)C1)C(C)(C)C. The third kappa shape index (κ3) is 2.90. The summed E-state index contributed by atoms with van der Waals surface area (Å²) < 4.78 is 30.4. The van der Waals surface area contributed by atoms with E-state index < -0.39 is 5.92 Å². The van der Waals surface area contributed by atoms with Crippen molar-refractivity contribution in [1.82, 2.24) is 0 Å². The first-order chi connectivity index (χ1) is 5.71. The Morgan fingerprint density at radius 1 is 1.31 bits per heavy atom. The summed E-state index contributed by atoms with van der Waals surface area (Å²) in [7, 11) is 0. The van der Waals surface area contributed by atoms with Crippen molar-refractivity contribution >= 4 is 0 Å². The third-order valence-corrected chi connectivity index (χ3v) is 2.67. The fourth-order valence-corrected chi connectivity index (χ4v) is 1.20. The predicted molar refractivity (Wildman–Crippen MR) is 48.0 cm³/mol. The monoisotopic (exact) mass is 192 g/mol. The van der Waals surface area contributed by atoms with E-state index in [2.05, 4.69) is 20.8 Å². The van der Waals surface area contributed by atoms with Gasteiger partial charge in [-0.15, -0.1) is 0 Å². The number of hydrogen-bond donors (Lipinski definition) is 0. The molecule has 1 unspecified atom stereocenters. The molecule has 78 valence electrons. The van der Waals surface area contributed by atoms with Gasteiger partial charge in [-0.25, -0.2) is 8.78 Å². The third-order valence-electron chi connectivity index (χ3n) is 2.67. The van der Waals surface area contributed by atoms with Gasteiger partial charge < -0.3 is 4.74 Å². The number of ether oxygens (including phenoxy) is 1. The van der Waals surface area contributed by atoms with Crippen LogP contribution >= 0.6 is 0 Å². The van der Waals surface area contributed by atoms with E-state index in [0.29, 0.717) is 0 Å². The zero-order valence-corrected chi connectivity index (χ0v) is 8.73. The molecule has 0 saturated heterocycles. The highest BCUT2D eigenvalue weighted by molar-refractivity contribution is 4.88. The maximum Gasteiger partial charge on any atom is 0.253 e. The maximum atomic E-state index is 12.5. The molecule has 1 atom stereocenters. The van der Waals surface area contributed by atoms with Crippen molar-refractivity contribution in [2.24, 2.45) is 5.41 Å². The van der Waals surface area contributed by atoms with Gasteiger partial charge in [0.1, 0.15) is 0 Å². The molecule has 0 heterocycles. The van der Waals surface area contributed by atoms with Crippen molar-refractivity contribution in [3.05, 3.63) is 0 Å². The molecule has 0 bridgehead atoms. The van der Waals surface area contributed by atoms with Crippen molar-refractivity contribution in [1.29, 1.82) is 0 Å². The summed E-state index contributed by atoms with van der Waals surface area (Å²) in [5.74, 6) is -2.47. The molecule has 1 fully saturated rings. The summed E-state index contributed by atoms with van der Waals surface area (Å²) in [4.78, 5) is 0. The second kappa shape index (κ2) is 3.19. The molecular weight excluding hydrogens is 174 g/mol. The largest absolute Gasteiger partial charge is 0.374 e. The smallest absolute Gasteiger partial charge is 0.253 e. The van der Waals surface area contributed by atoms with Crippen LogP contribution in [0.25, 0.3) is 0 Å². The Morgan fingerprint density at radius 2 is 1.77 bits per heavy atom. The second-order valence-electron chi connectivity index (χ2n) is 5.03. The first-order valence-corrected chi connectivity index (χ1v) is 4.74. The molecule has 0 aromatic carbocycles. The molecule has 0 aromatic rings. The number of alkyl halides is 2. The Bertz CT molecular complexity index is 176. The fourth-order valence-electron chi connectivity index (χ4n) is 1.20. The minimum Gasteiger partial charge on any atom is -0.374 e. The van der Waals surface area contributed by atoms with E-state index in [1.165, 1.54) is 0 Å². The lowest BCUT2D eigenvalue weighted by Gasteiger charge is -2.39. The summed E-state index contributed by atoms with van der Waals surface area (Å²) in [5.41, 5.74) is 0.0326. The van der Waals surface area contributed by atoms with E-state index in [1.54, 1.807) is 0 Å². The molecule has 0 amide bonds. The molecular formula is C10H18F2O. The number of halogens is 2. The minimum atomic E-state index is -2.47. The Labute approximate surface area is 78.5 Å². The van der Waals surface area contributed by atoms with E-state index in [4.69, 9.17) is 4.74 Å². The van der Waals surface area contributed by atoms with Crippen LogP contribution < -0.4 is 0 Å². The summed E-state index contributed by atoms with van der Waals surface area (Å²) in [6, 6.07) is 0. The summed E-state index contributed by atoms with van der Waals surface area (Å²) >= 11 is 0. The maximum absolute atomic E-state index is 12.5. The van der Waals surface area contributed by atoms with E-state index >= 15 is 0 Å².